The lowest BCUT2D eigenvalue weighted by atomic mass is 10.1. The summed E-state index contributed by atoms with van der Waals surface area (Å²) in [5.74, 6) is 2.18. The van der Waals surface area contributed by atoms with Crippen LogP contribution in [0.25, 0.3) is 0 Å². The van der Waals surface area contributed by atoms with Crippen molar-refractivity contribution in [2.75, 3.05) is 17.6 Å². The molecule has 0 amide bonds. The molecule has 1 aromatic rings. The zero-order valence-corrected chi connectivity index (χ0v) is 10.1. The summed E-state index contributed by atoms with van der Waals surface area (Å²) in [6.45, 7) is 5.26. The summed E-state index contributed by atoms with van der Waals surface area (Å²) in [6, 6.07) is 0. The smallest absolute Gasteiger partial charge is 0.144 e. The normalized spacial score (nSPS) is 25.5. The van der Waals surface area contributed by atoms with Crippen molar-refractivity contribution in [1.29, 1.82) is 0 Å². The van der Waals surface area contributed by atoms with Gasteiger partial charge in [-0.1, -0.05) is 0 Å². The van der Waals surface area contributed by atoms with E-state index >= 15 is 0 Å². The summed E-state index contributed by atoms with van der Waals surface area (Å²) in [7, 11) is 0. The van der Waals surface area contributed by atoms with Crippen LogP contribution in [0.15, 0.2) is 12.4 Å². The van der Waals surface area contributed by atoms with Crippen LogP contribution in [0.5, 0.6) is 0 Å². The Kier molecular flexibility index (Phi) is 3.14. The molecule has 0 bridgehead atoms. The number of aryl methyl sites for hydroxylation is 1. The zero-order valence-electron chi connectivity index (χ0n) is 9.29. The molecular weight excluding hydrogens is 206 g/mol. The van der Waals surface area contributed by atoms with Gasteiger partial charge in [-0.05, 0) is 32.4 Å². The highest BCUT2D eigenvalue weighted by molar-refractivity contribution is 8.00. The lowest BCUT2D eigenvalue weighted by molar-refractivity contribution is 0.633. The maximum atomic E-state index is 4.38. The largest absolute Gasteiger partial charge is 0.367 e. The molecule has 1 unspecified atom stereocenters. The Balaban J connectivity index is 1.92. The quantitative estimate of drug-likeness (QED) is 0.854. The molecule has 1 saturated heterocycles. The third-order valence-electron chi connectivity index (χ3n) is 2.70. The topological polar surface area (TPSA) is 37.8 Å². The SMILES string of the molecule is Cc1cncc(NCC2(C)CCCS2)n1. The summed E-state index contributed by atoms with van der Waals surface area (Å²) in [5, 5.41) is 3.37. The zero-order chi connectivity index (χ0) is 10.7. The number of nitrogens with one attached hydrogen (secondary N) is 1. The van der Waals surface area contributed by atoms with Gasteiger partial charge in [0.05, 0.1) is 11.9 Å². The molecule has 82 valence electrons. The fourth-order valence-electron chi connectivity index (χ4n) is 1.80. The first-order valence-electron chi connectivity index (χ1n) is 5.34. The van der Waals surface area contributed by atoms with Crippen LogP contribution in [-0.4, -0.2) is 27.0 Å². The van der Waals surface area contributed by atoms with Gasteiger partial charge in [0.15, 0.2) is 0 Å². The second-order valence-electron chi connectivity index (χ2n) is 4.30. The summed E-state index contributed by atoms with van der Waals surface area (Å²) in [5.41, 5.74) is 0.962. The van der Waals surface area contributed by atoms with E-state index in [4.69, 9.17) is 0 Å². The number of thioether (sulfide) groups is 1. The first kappa shape index (κ1) is 10.7. The molecule has 0 saturated carbocycles. The van der Waals surface area contributed by atoms with Crippen LogP contribution < -0.4 is 5.32 Å². The van der Waals surface area contributed by atoms with Gasteiger partial charge in [-0.25, -0.2) is 4.98 Å². The molecule has 1 fully saturated rings. The van der Waals surface area contributed by atoms with E-state index in [0.717, 1.165) is 18.1 Å². The molecular formula is C11H17N3S. The Bertz CT molecular complexity index is 334. The number of anilines is 1. The number of hydrogen-bond acceptors (Lipinski definition) is 4. The Labute approximate surface area is 95.1 Å². The highest BCUT2D eigenvalue weighted by Gasteiger charge is 2.29. The minimum absolute atomic E-state index is 0.380. The molecule has 0 aromatic carbocycles. The van der Waals surface area contributed by atoms with Crippen LogP contribution in [0.4, 0.5) is 5.82 Å². The average Bonchev–Trinajstić information content (AvgIpc) is 2.63. The van der Waals surface area contributed by atoms with Gasteiger partial charge >= 0.3 is 0 Å². The van der Waals surface area contributed by atoms with Gasteiger partial charge in [0.2, 0.25) is 0 Å². The highest BCUT2D eigenvalue weighted by atomic mass is 32.2. The Morgan fingerprint density at radius 2 is 2.40 bits per heavy atom. The Hall–Kier alpha value is -0.770. The summed E-state index contributed by atoms with van der Waals surface area (Å²) in [6.07, 6.45) is 6.19. The molecule has 15 heavy (non-hydrogen) atoms. The van der Waals surface area contributed by atoms with Crippen LogP contribution in [-0.2, 0) is 0 Å². The van der Waals surface area contributed by atoms with Crippen LogP contribution in [0.2, 0.25) is 0 Å². The fraction of sp³-hybridized carbons (Fsp3) is 0.636. The van der Waals surface area contributed by atoms with Crippen LogP contribution >= 0.6 is 11.8 Å². The predicted molar refractivity (Wildman–Crippen MR) is 65.4 cm³/mol. The van der Waals surface area contributed by atoms with E-state index in [9.17, 15) is 0 Å². The van der Waals surface area contributed by atoms with Gasteiger partial charge in [0.25, 0.3) is 0 Å². The van der Waals surface area contributed by atoms with Crippen molar-refractivity contribution >= 4 is 17.6 Å². The van der Waals surface area contributed by atoms with Crippen LogP contribution in [0.3, 0.4) is 0 Å². The first-order chi connectivity index (χ1) is 7.18. The molecule has 2 rings (SSSR count). The minimum atomic E-state index is 0.380. The van der Waals surface area contributed by atoms with Gasteiger partial charge in [-0.3, -0.25) is 4.98 Å². The van der Waals surface area contributed by atoms with Crippen LogP contribution in [0.1, 0.15) is 25.5 Å². The van der Waals surface area contributed by atoms with Crippen molar-refractivity contribution in [1.82, 2.24) is 9.97 Å². The molecule has 1 atom stereocenters. The number of rotatable bonds is 3. The second-order valence-corrected chi connectivity index (χ2v) is 5.98. The molecule has 3 nitrogen and oxygen atoms in total. The standard InChI is InChI=1S/C11H17N3S/c1-9-6-12-7-10(14-9)13-8-11(2)4-3-5-15-11/h6-7H,3-5,8H2,1-2H3,(H,13,14). The molecule has 0 aliphatic carbocycles. The van der Waals surface area contributed by atoms with E-state index in [0.29, 0.717) is 4.75 Å². The van der Waals surface area contributed by atoms with Gasteiger partial charge in [-0.15, -0.1) is 0 Å². The highest BCUT2D eigenvalue weighted by Crippen LogP contribution is 2.37. The molecule has 1 aliphatic heterocycles. The third-order valence-corrected chi connectivity index (χ3v) is 4.24. The molecule has 1 aliphatic rings. The molecule has 0 spiro atoms. The molecule has 1 N–H and O–H groups in total. The van der Waals surface area contributed by atoms with Gasteiger partial charge in [0.1, 0.15) is 5.82 Å². The number of nitrogens with zero attached hydrogens (tertiary/aromatic N) is 2. The summed E-state index contributed by atoms with van der Waals surface area (Å²) >= 11 is 2.06. The van der Waals surface area contributed by atoms with Crippen molar-refractivity contribution in [3.05, 3.63) is 18.1 Å². The van der Waals surface area contributed by atoms with Crippen LogP contribution in [0, 0.1) is 6.92 Å². The summed E-state index contributed by atoms with van der Waals surface area (Å²) in [4.78, 5) is 8.50. The molecule has 4 heteroatoms. The molecule has 1 aromatic heterocycles. The van der Waals surface area contributed by atoms with E-state index in [1.54, 1.807) is 12.4 Å². The van der Waals surface area contributed by atoms with Crippen molar-refractivity contribution in [3.63, 3.8) is 0 Å². The van der Waals surface area contributed by atoms with Crippen molar-refractivity contribution in [2.45, 2.75) is 31.4 Å². The monoisotopic (exact) mass is 223 g/mol. The maximum Gasteiger partial charge on any atom is 0.144 e. The predicted octanol–water partition coefficient (Wildman–Crippen LogP) is 2.48. The van der Waals surface area contributed by atoms with Crippen molar-refractivity contribution in [2.24, 2.45) is 0 Å². The Morgan fingerprint density at radius 1 is 1.53 bits per heavy atom. The van der Waals surface area contributed by atoms with E-state index in [2.05, 4.69) is 34.0 Å². The first-order valence-corrected chi connectivity index (χ1v) is 6.33. The third kappa shape index (κ3) is 2.84. The average molecular weight is 223 g/mol. The van der Waals surface area contributed by atoms with E-state index < -0.39 is 0 Å². The van der Waals surface area contributed by atoms with E-state index in [1.165, 1.54) is 18.6 Å². The minimum Gasteiger partial charge on any atom is -0.367 e. The molecule has 0 radical (unpaired) electrons. The van der Waals surface area contributed by atoms with Gasteiger partial charge in [0, 0.05) is 17.5 Å². The fourth-order valence-corrected chi connectivity index (χ4v) is 3.05. The number of hydrogen-bond donors (Lipinski definition) is 1. The van der Waals surface area contributed by atoms with E-state index in [1.807, 2.05) is 6.92 Å². The second kappa shape index (κ2) is 4.39. The lowest BCUT2D eigenvalue weighted by Crippen LogP contribution is -2.27. The Morgan fingerprint density at radius 3 is 3.07 bits per heavy atom. The van der Waals surface area contributed by atoms with E-state index in [-0.39, 0.29) is 0 Å². The maximum absolute atomic E-state index is 4.38. The van der Waals surface area contributed by atoms with Gasteiger partial charge < -0.3 is 5.32 Å². The lowest BCUT2D eigenvalue weighted by Gasteiger charge is -2.23. The number of aromatic nitrogens is 2. The van der Waals surface area contributed by atoms with Crippen molar-refractivity contribution < 1.29 is 0 Å². The van der Waals surface area contributed by atoms with Gasteiger partial charge in [-0.2, -0.15) is 11.8 Å². The van der Waals surface area contributed by atoms with Crippen molar-refractivity contribution in [3.8, 4) is 0 Å². The summed E-state index contributed by atoms with van der Waals surface area (Å²) < 4.78 is 0.380. The molecule has 2 heterocycles.